The van der Waals surface area contributed by atoms with Crippen molar-refractivity contribution in [3.63, 3.8) is 0 Å². The Hall–Kier alpha value is -0.240. The second kappa shape index (κ2) is 9.66. The van der Waals surface area contributed by atoms with E-state index < -0.39 is 0 Å². The monoisotopic (exact) mass is 368 g/mol. The number of methoxy groups -OCH3 is 1. The molecule has 5 heteroatoms. The van der Waals surface area contributed by atoms with Gasteiger partial charge < -0.3 is 14.2 Å². The van der Waals surface area contributed by atoms with Crippen molar-refractivity contribution in [1.82, 2.24) is 0 Å². The molecule has 0 amide bonds. The molecule has 0 bridgehead atoms. The van der Waals surface area contributed by atoms with Crippen molar-refractivity contribution in [3.8, 4) is 0 Å². The van der Waals surface area contributed by atoms with Gasteiger partial charge in [0.1, 0.15) is 5.82 Å². The third-order valence-corrected chi connectivity index (χ3v) is 3.16. The Morgan fingerprint density at radius 2 is 1.78 bits per heavy atom. The van der Waals surface area contributed by atoms with Crippen molar-refractivity contribution in [2.24, 2.45) is 0 Å². The van der Waals surface area contributed by atoms with Gasteiger partial charge in [0, 0.05) is 11.5 Å². The van der Waals surface area contributed by atoms with Crippen LogP contribution in [-0.2, 0) is 14.2 Å². The lowest BCUT2D eigenvalue weighted by Gasteiger charge is -2.16. The van der Waals surface area contributed by atoms with Crippen molar-refractivity contribution >= 4 is 22.6 Å². The SMILES string of the molecule is COCCOCCOC(CI)c1ccc(F)cc1. The zero-order valence-corrected chi connectivity index (χ0v) is 12.6. The zero-order chi connectivity index (χ0) is 13.2. The molecule has 1 aromatic rings. The Balaban J connectivity index is 2.27. The van der Waals surface area contributed by atoms with Gasteiger partial charge in [0.2, 0.25) is 0 Å². The van der Waals surface area contributed by atoms with E-state index in [0.717, 1.165) is 9.99 Å². The normalized spacial score (nSPS) is 12.6. The average molecular weight is 368 g/mol. The minimum Gasteiger partial charge on any atom is -0.382 e. The predicted molar refractivity (Wildman–Crippen MR) is 76.7 cm³/mol. The van der Waals surface area contributed by atoms with E-state index in [-0.39, 0.29) is 11.9 Å². The van der Waals surface area contributed by atoms with Crippen molar-refractivity contribution in [2.45, 2.75) is 6.10 Å². The Kier molecular flexibility index (Phi) is 8.49. The molecule has 1 rings (SSSR count). The number of hydrogen-bond donors (Lipinski definition) is 0. The largest absolute Gasteiger partial charge is 0.382 e. The van der Waals surface area contributed by atoms with Gasteiger partial charge in [-0.2, -0.15) is 0 Å². The van der Waals surface area contributed by atoms with Crippen LogP contribution < -0.4 is 0 Å². The minimum atomic E-state index is -0.228. The van der Waals surface area contributed by atoms with Gasteiger partial charge >= 0.3 is 0 Å². The minimum absolute atomic E-state index is 0.0165. The summed E-state index contributed by atoms with van der Waals surface area (Å²) in [6.45, 7) is 2.23. The highest BCUT2D eigenvalue weighted by atomic mass is 127. The summed E-state index contributed by atoms with van der Waals surface area (Å²) in [5, 5.41) is 0. The molecular formula is C13H18FIO3. The number of hydrogen-bond acceptors (Lipinski definition) is 3. The molecule has 0 aliphatic carbocycles. The van der Waals surface area contributed by atoms with Crippen LogP contribution in [0.1, 0.15) is 11.7 Å². The quantitative estimate of drug-likeness (QED) is 0.381. The number of halogens is 2. The molecule has 0 spiro atoms. The molecule has 0 heterocycles. The Labute approximate surface area is 121 Å². The van der Waals surface area contributed by atoms with Crippen LogP contribution in [-0.4, -0.2) is 38.0 Å². The summed E-state index contributed by atoms with van der Waals surface area (Å²) in [5.41, 5.74) is 0.989. The molecule has 1 atom stereocenters. The molecule has 3 nitrogen and oxygen atoms in total. The molecule has 1 unspecified atom stereocenters. The molecular weight excluding hydrogens is 350 g/mol. The van der Waals surface area contributed by atoms with E-state index in [0.29, 0.717) is 26.4 Å². The molecule has 102 valence electrons. The summed E-state index contributed by atoms with van der Waals surface area (Å²) in [5.74, 6) is -0.228. The van der Waals surface area contributed by atoms with E-state index in [4.69, 9.17) is 14.2 Å². The first-order valence-electron chi connectivity index (χ1n) is 5.77. The van der Waals surface area contributed by atoms with Crippen molar-refractivity contribution in [1.29, 1.82) is 0 Å². The summed E-state index contributed by atoms with van der Waals surface area (Å²) in [6.07, 6.45) is -0.0165. The molecule has 0 N–H and O–H groups in total. The lowest BCUT2D eigenvalue weighted by molar-refractivity contribution is 0.00121. The molecule has 0 aliphatic heterocycles. The number of rotatable bonds is 9. The zero-order valence-electron chi connectivity index (χ0n) is 10.4. The second-order valence-corrected chi connectivity index (χ2v) is 4.55. The summed E-state index contributed by atoms with van der Waals surface area (Å²) >= 11 is 2.26. The summed E-state index contributed by atoms with van der Waals surface area (Å²) < 4.78 is 29.5. The van der Waals surface area contributed by atoms with Crippen LogP contribution in [0, 0.1) is 5.82 Å². The Bertz CT molecular complexity index is 319. The van der Waals surface area contributed by atoms with Crippen LogP contribution in [0.15, 0.2) is 24.3 Å². The van der Waals surface area contributed by atoms with Gasteiger partial charge in [-0.25, -0.2) is 4.39 Å². The third kappa shape index (κ3) is 6.08. The molecule has 1 aromatic carbocycles. The topological polar surface area (TPSA) is 27.7 Å². The first kappa shape index (κ1) is 15.8. The van der Waals surface area contributed by atoms with Crippen molar-refractivity contribution in [2.75, 3.05) is 38.0 Å². The molecule has 18 heavy (non-hydrogen) atoms. The van der Waals surface area contributed by atoms with Crippen LogP contribution in [0.2, 0.25) is 0 Å². The number of ether oxygens (including phenoxy) is 3. The second-order valence-electron chi connectivity index (χ2n) is 3.67. The smallest absolute Gasteiger partial charge is 0.123 e. The van der Waals surface area contributed by atoms with E-state index in [1.165, 1.54) is 12.1 Å². The molecule has 0 fully saturated rings. The first-order valence-corrected chi connectivity index (χ1v) is 7.30. The van der Waals surface area contributed by atoms with E-state index >= 15 is 0 Å². The van der Waals surface area contributed by atoms with Crippen LogP contribution in [0.3, 0.4) is 0 Å². The molecule has 0 radical (unpaired) electrons. The van der Waals surface area contributed by atoms with E-state index in [9.17, 15) is 4.39 Å². The highest BCUT2D eigenvalue weighted by Gasteiger charge is 2.10. The standard InChI is InChI=1S/C13H18FIO3/c1-16-6-7-17-8-9-18-13(10-15)11-2-4-12(14)5-3-11/h2-5,13H,6-10H2,1H3. The Morgan fingerprint density at radius 1 is 1.11 bits per heavy atom. The van der Waals surface area contributed by atoms with Crippen LogP contribution in [0.25, 0.3) is 0 Å². The van der Waals surface area contributed by atoms with Gasteiger partial charge in [0.25, 0.3) is 0 Å². The predicted octanol–water partition coefficient (Wildman–Crippen LogP) is 2.98. The summed E-state index contributed by atoms with van der Waals surface area (Å²) in [7, 11) is 1.64. The van der Waals surface area contributed by atoms with Gasteiger partial charge in [-0.1, -0.05) is 34.7 Å². The van der Waals surface area contributed by atoms with E-state index in [2.05, 4.69) is 22.6 Å². The molecule has 0 aromatic heterocycles. The number of alkyl halides is 1. The summed E-state index contributed by atoms with van der Waals surface area (Å²) in [6, 6.07) is 6.41. The van der Waals surface area contributed by atoms with Crippen LogP contribution >= 0.6 is 22.6 Å². The van der Waals surface area contributed by atoms with Gasteiger partial charge in [-0.3, -0.25) is 0 Å². The van der Waals surface area contributed by atoms with Gasteiger partial charge in [-0.15, -0.1) is 0 Å². The molecule has 0 saturated heterocycles. The van der Waals surface area contributed by atoms with Gasteiger partial charge in [-0.05, 0) is 17.7 Å². The highest BCUT2D eigenvalue weighted by molar-refractivity contribution is 14.1. The molecule has 0 aliphatic rings. The Morgan fingerprint density at radius 3 is 2.39 bits per heavy atom. The van der Waals surface area contributed by atoms with Crippen molar-refractivity contribution in [3.05, 3.63) is 35.6 Å². The van der Waals surface area contributed by atoms with Gasteiger partial charge in [0.05, 0.1) is 32.5 Å². The average Bonchev–Trinajstić information content (AvgIpc) is 2.39. The fourth-order valence-corrected chi connectivity index (χ4v) is 2.16. The number of benzene rings is 1. The van der Waals surface area contributed by atoms with Crippen LogP contribution in [0.5, 0.6) is 0 Å². The lowest BCUT2D eigenvalue weighted by atomic mass is 10.1. The first-order chi connectivity index (χ1) is 8.77. The van der Waals surface area contributed by atoms with Crippen LogP contribution in [0.4, 0.5) is 4.39 Å². The van der Waals surface area contributed by atoms with E-state index in [1.807, 2.05) is 0 Å². The third-order valence-electron chi connectivity index (χ3n) is 2.36. The maximum absolute atomic E-state index is 12.8. The van der Waals surface area contributed by atoms with Crippen molar-refractivity contribution < 1.29 is 18.6 Å². The fraction of sp³-hybridized carbons (Fsp3) is 0.538. The lowest BCUT2D eigenvalue weighted by Crippen LogP contribution is -2.12. The van der Waals surface area contributed by atoms with E-state index in [1.54, 1.807) is 19.2 Å². The molecule has 0 saturated carbocycles. The van der Waals surface area contributed by atoms with Gasteiger partial charge in [0.15, 0.2) is 0 Å². The fourth-order valence-electron chi connectivity index (χ4n) is 1.40. The maximum atomic E-state index is 12.8. The highest BCUT2D eigenvalue weighted by Crippen LogP contribution is 2.20. The maximum Gasteiger partial charge on any atom is 0.123 e. The summed E-state index contributed by atoms with van der Waals surface area (Å²) in [4.78, 5) is 0.